The highest BCUT2D eigenvalue weighted by Crippen LogP contribution is 2.28. The summed E-state index contributed by atoms with van der Waals surface area (Å²) in [5.74, 6) is 0.567. The number of carbonyl (C=O) groups is 1. The van der Waals surface area contributed by atoms with Crippen molar-refractivity contribution < 1.29 is 19.0 Å². The van der Waals surface area contributed by atoms with Gasteiger partial charge in [0.2, 0.25) is 5.88 Å². The fraction of sp³-hybridized carbons (Fsp3) is 0.286. The molecule has 1 aromatic carbocycles. The Balaban J connectivity index is 1.64. The number of nitrogens with zero attached hydrogens (tertiary/aromatic N) is 5. The fourth-order valence-corrected chi connectivity index (χ4v) is 3.79. The number of rotatable bonds is 9. The molecule has 0 saturated heterocycles. The van der Waals surface area contributed by atoms with E-state index in [-0.39, 0.29) is 11.8 Å². The summed E-state index contributed by atoms with van der Waals surface area (Å²) in [6.07, 6.45) is 2.47. The van der Waals surface area contributed by atoms with Gasteiger partial charge in [-0.05, 0) is 19.1 Å². The number of carbonyl (C=O) groups excluding carboxylic acids is 1. The lowest BCUT2D eigenvalue weighted by atomic mass is 10.2. The van der Waals surface area contributed by atoms with E-state index in [1.165, 1.54) is 17.7 Å². The number of para-hydroxylation sites is 2. The zero-order valence-electron chi connectivity index (χ0n) is 17.8. The number of aryl methyl sites for hydroxylation is 1. The molecule has 0 aliphatic heterocycles. The minimum absolute atomic E-state index is 0.253. The number of thiazole rings is 1. The largest absolute Gasteiger partial charge is 0.494 e. The van der Waals surface area contributed by atoms with Gasteiger partial charge in [-0.2, -0.15) is 5.10 Å². The Labute approximate surface area is 188 Å². The molecule has 0 aliphatic carbocycles. The first-order valence-electron chi connectivity index (χ1n) is 9.81. The molecule has 10 nitrogen and oxygen atoms in total. The van der Waals surface area contributed by atoms with Crippen molar-refractivity contribution in [2.75, 3.05) is 26.1 Å². The molecule has 0 aliphatic rings. The molecule has 0 spiro atoms. The quantitative estimate of drug-likeness (QED) is 0.411. The van der Waals surface area contributed by atoms with Crippen LogP contribution in [-0.2, 0) is 9.53 Å². The molecule has 1 N–H and O–H groups in total. The summed E-state index contributed by atoms with van der Waals surface area (Å²) in [7, 11) is 3.16. The number of benzene rings is 1. The molecule has 4 rings (SSSR count). The van der Waals surface area contributed by atoms with E-state index < -0.39 is 6.10 Å². The van der Waals surface area contributed by atoms with E-state index in [1.54, 1.807) is 25.1 Å². The second-order valence-corrected chi connectivity index (χ2v) is 7.67. The minimum Gasteiger partial charge on any atom is -0.494 e. The number of amides is 1. The van der Waals surface area contributed by atoms with E-state index in [0.717, 1.165) is 11.4 Å². The van der Waals surface area contributed by atoms with E-state index in [9.17, 15) is 4.79 Å². The maximum Gasteiger partial charge on any atom is 0.267 e. The van der Waals surface area contributed by atoms with Crippen LogP contribution in [0.2, 0.25) is 0 Å². The maximum absolute atomic E-state index is 12.9. The van der Waals surface area contributed by atoms with E-state index >= 15 is 0 Å². The van der Waals surface area contributed by atoms with Crippen LogP contribution < -0.4 is 14.8 Å². The van der Waals surface area contributed by atoms with Gasteiger partial charge < -0.3 is 14.2 Å². The van der Waals surface area contributed by atoms with E-state index in [2.05, 4.69) is 25.4 Å². The topological polar surface area (TPSA) is 113 Å². The molecule has 166 valence electrons. The van der Waals surface area contributed by atoms with Gasteiger partial charge in [0.15, 0.2) is 16.9 Å². The van der Waals surface area contributed by atoms with E-state index in [4.69, 9.17) is 14.2 Å². The third kappa shape index (κ3) is 4.53. The molecule has 3 aromatic heterocycles. The Kier molecular flexibility index (Phi) is 6.57. The van der Waals surface area contributed by atoms with Crippen LogP contribution in [0, 0.1) is 6.92 Å². The van der Waals surface area contributed by atoms with Gasteiger partial charge in [-0.3, -0.25) is 10.1 Å². The number of fused-ring (bicyclic) bond motifs is 1. The molecule has 1 amide bonds. The van der Waals surface area contributed by atoms with Crippen molar-refractivity contribution >= 4 is 33.4 Å². The smallest absolute Gasteiger partial charge is 0.267 e. The molecule has 32 heavy (non-hydrogen) atoms. The molecule has 0 fully saturated rings. The number of methoxy groups -OCH3 is 2. The highest BCUT2D eigenvalue weighted by Gasteiger charge is 2.24. The number of hydrogen-bond acceptors (Lipinski definition) is 9. The summed E-state index contributed by atoms with van der Waals surface area (Å²) >= 11 is 1.35. The van der Waals surface area contributed by atoms with Crippen LogP contribution >= 0.6 is 11.3 Å². The SMILES string of the molecule is COCC[C@@H](Oc1ncnc2c1cnn2-c1ccccc1OC)C(=O)Nc1nc(C)cs1. The molecular formula is C21H22N6O4S. The van der Waals surface area contributed by atoms with Gasteiger partial charge in [-0.25, -0.2) is 19.6 Å². The second kappa shape index (κ2) is 9.71. The van der Waals surface area contributed by atoms with Crippen molar-refractivity contribution in [1.82, 2.24) is 24.7 Å². The van der Waals surface area contributed by atoms with Gasteiger partial charge >= 0.3 is 0 Å². The van der Waals surface area contributed by atoms with Crippen LogP contribution in [0.4, 0.5) is 5.13 Å². The predicted molar refractivity (Wildman–Crippen MR) is 120 cm³/mol. The van der Waals surface area contributed by atoms with E-state index in [0.29, 0.717) is 34.9 Å². The zero-order chi connectivity index (χ0) is 22.5. The first-order chi connectivity index (χ1) is 15.6. The molecule has 0 radical (unpaired) electrons. The summed E-state index contributed by atoms with van der Waals surface area (Å²) in [5.41, 5.74) is 2.09. The van der Waals surface area contributed by atoms with Crippen molar-refractivity contribution in [2.45, 2.75) is 19.4 Å². The summed E-state index contributed by atoms with van der Waals surface area (Å²) < 4.78 is 18.3. The van der Waals surface area contributed by atoms with Crippen LogP contribution in [0.25, 0.3) is 16.7 Å². The lowest BCUT2D eigenvalue weighted by Gasteiger charge is -2.17. The van der Waals surface area contributed by atoms with Gasteiger partial charge in [-0.15, -0.1) is 11.3 Å². The van der Waals surface area contributed by atoms with Crippen LogP contribution in [0.1, 0.15) is 12.1 Å². The van der Waals surface area contributed by atoms with Crippen LogP contribution in [0.15, 0.2) is 42.2 Å². The fourth-order valence-electron chi connectivity index (χ4n) is 3.10. The van der Waals surface area contributed by atoms with Crippen LogP contribution in [0.3, 0.4) is 0 Å². The lowest BCUT2D eigenvalue weighted by Crippen LogP contribution is -2.34. The molecule has 11 heteroatoms. The Morgan fingerprint density at radius 2 is 2.09 bits per heavy atom. The number of hydrogen-bond donors (Lipinski definition) is 1. The molecular weight excluding hydrogens is 432 g/mol. The van der Waals surface area contributed by atoms with Crippen molar-refractivity contribution in [3.63, 3.8) is 0 Å². The van der Waals surface area contributed by atoms with Crippen molar-refractivity contribution in [1.29, 1.82) is 0 Å². The van der Waals surface area contributed by atoms with Gasteiger partial charge in [-0.1, -0.05) is 12.1 Å². The monoisotopic (exact) mass is 454 g/mol. The van der Waals surface area contributed by atoms with Crippen molar-refractivity contribution in [3.05, 3.63) is 47.9 Å². The number of aromatic nitrogens is 5. The van der Waals surface area contributed by atoms with Crippen LogP contribution in [-0.4, -0.2) is 57.6 Å². The Bertz CT molecular complexity index is 1220. The molecule has 0 saturated carbocycles. The summed E-state index contributed by atoms with van der Waals surface area (Å²) in [6, 6.07) is 7.47. The lowest BCUT2D eigenvalue weighted by molar-refractivity contribution is -0.123. The molecule has 1 atom stereocenters. The first kappa shape index (κ1) is 21.7. The van der Waals surface area contributed by atoms with Gasteiger partial charge in [0, 0.05) is 18.9 Å². The first-order valence-corrected chi connectivity index (χ1v) is 10.7. The van der Waals surface area contributed by atoms with Gasteiger partial charge in [0.1, 0.15) is 23.2 Å². The highest BCUT2D eigenvalue weighted by atomic mass is 32.1. The normalized spacial score (nSPS) is 12.0. The van der Waals surface area contributed by atoms with Crippen molar-refractivity contribution in [2.24, 2.45) is 0 Å². The summed E-state index contributed by atoms with van der Waals surface area (Å²) in [6.45, 7) is 2.20. The molecule has 3 heterocycles. The average molecular weight is 455 g/mol. The predicted octanol–water partition coefficient (Wildman–Crippen LogP) is 3.01. The Morgan fingerprint density at radius 3 is 2.84 bits per heavy atom. The van der Waals surface area contributed by atoms with Gasteiger partial charge in [0.05, 0.1) is 25.6 Å². The van der Waals surface area contributed by atoms with E-state index in [1.807, 2.05) is 36.6 Å². The molecule has 0 unspecified atom stereocenters. The minimum atomic E-state index is -0.841. The zero-order valence-corrected chi connectivity index (χ0v) is 18.6. The van der Waals surface area contributed by atoms with Crippen molar-refractivity contribution in [3.8, 4) is 17.3 Å². The average Bonchev–Trinajstić information content (AvgIpc) is 3.42. The standard InChI is InChI=1S/C21H22N6O4S/c1-13-11-32-21(25-13)26-19(28)17(8-9-29-2)31-20-14-10-24-27(18(14)22-12-23-20)15-6-4-5-7-16(15)30-3/h4-7,10-12,17H,8-9H2,1-3H3,(H,25,26,28)/t17-/m1/s1. The maximum atomic E-state index is 12.9. The third-order valence-electron chi connectivity index (χ3n) is 4.62. The Hall–Kier alpha value is -3.57. The second-order valence-electron chi connectivity index (χ2n) is 6.82. The summed E-state index contributed by atoms with van der Waals surface area (Å²) in [4.78, 5) is 25.7. The van der Waals surface area contributed by atoms with Crippen LogP contribution in [0.5, 0.6) is 11.6 Å². The number of ether oxygens (including phenoxy) is 3. The molecule has 4 aromatic rings. The third-order valence-corrected chi connectivity index (χ3v) is 5.50. The number of nitrogens with one attached hydrogen (secondary N) is 1. The number of anilines is 1. The summed E-state index contributed by atoms with van der Waals surface area (Å²) in [5, 5.41) is 10.2. The molecule has 0 bridgehead atoms. The van der Waals surface area contributed by atoms with Gasteiger partial charge in [0.25, 0.3) is 5.91 Å². The highest BCUT2D eigenvalue weighted by molar-refractivity contribution is 7.13. The Morgan fingerprint density at radius 1 is 1.25 bits per heavy atom.